The van der Waals surface area contributed by atoms with Gasteiger partial charge in [-0.05, 0) is 22.9 Å². The molecule has 2 aromatic carbocycles. The first-order valence-corrected chi connectivity index (χ1v) is 4.17. The lowest BCUT2D eigenvalue weighted by molar-refractivity contribution is 1.70. The Kier molecular flexibility index (Phi) is 2.02. The third-order valence-corrected chi connectivity index (χ3v) is 1.98. The highest BCUT2D eigenvalue weighted by Gasteiger charge is 1.91. The summed E-state index contributed by atoms with van der Waals surface area (Å²) in [6.45, 7) is 3.50. The van der Waals surface area contributed by atoms with Crippen molar-refractivity contribution in [1.29, 1.82) is 0 Å². The predicted molar refractivity (Wildman–Crippen MR) is 56.2 cm³/mol. The fourth-order valence-electron chi connectivity index (χ4n) is 1.37. The van der Waals surface area contributed by atoms with Gasteiger partial charge in [-0.25, -0.2) is 0 Å². The fraction of sp³-hybridized carbons (Fsp3) is 0. The zero-order valence-electron chi connectivity index (χ0n) is 7.25. The number of rotatable bonds is 0. The van der Waals surface area contributed by atoms with Gasteiger partial charge in [0.2, 0.25) is 0 Å². The average Bonchev–Trinajstić information content (AvgIpc) is 2.18. The highest BCUT2D eigenvalue weighted by atomic mass is 14.0. The fourth-order valence-corrected chi connectivity index (χ4v) is 1.37. The van der Waals surface area contributed by atoms with Crippen LogP contribution in [0.1, 0.15) is 5.56 Å². The molecule has 2 rings (SSSR count). The van der Waals surface area contributed by atoms with Gasteiger partial charge < -0.3 is 0 Å². The SMILES string of the molecule is [CH2]C#Cc1ccc2ccccc2c1. The van der Waals surface area contributed by atoms with Crippen LogP contribution in [0.3, 0.4) is 0 Å². The highest BCUT2D eigenvalue weighted by molar-refractivity contribution is 5.83. The molecule has 0 aliphatic heterocycles. The molecule has 1 radical (unpaired) electrons. The van der Waals surface area contributed by atoms with Crippen molar-refractivity contribution in [1.82, 2.24) is 0 Å². The van der Waals surface area contributed by atoms with Gasteiger partial charge >= 0.3 is 0 Å². The molecule has 0 aliphatic carbocycles. The maximum Gasteiger partial charge on any atom is 0.0251 e. The van der Waals surface area contributed by atoms with E-state index in [1.807, 2.05) is 18.2 Å². The van der Waals surface area contributed by atoms with Crippen LogP contribution in [0.2, 0.25) is 0 Å². The minimum atomic E-state index is 1.02. The molecule has 0 amide bonds. The van der Waals surface area contributed by atoms with Crippen molar-refractivity contribution in [2.75, 3.05) is 0 Å². The molecule has 61 valence electrons. The summed E-state index contributed by atoms with van der Waals surface area (Å²) < 4.78 is 0. The lowest BCUT2D eigenvalue weighted by Gasteiger charge is -1.96. The van der Waals surface area contributed by atoms with Gasteiger partial charge in [0.15, 0.2) is 0 Å². The average molecular weight is 165 g/mol. The van der Waals surface area contributed by atoms with Crippen LogP contribution in [0.25, 0.3) is 10.8 Å². The standard InChI is InChI=1S/C13H9/c1-2-5-11-8-9-12-6-3-4-7-13(12)10-11/h3-4,6-10H,1H2. The Labute approximate surface area is 78.2 Å². The largest absolute Gasteiger partial charge is 0.0969 e. The van der Waals surface area contributed by atoms with Gasteiger partial charge in [0, 0.05) is 12.5 Å². The summed E-state index contributed by atoms with van der Waals surface area (Å²) in [4.78, 5) is 0. The van der Waals surface area contributed by atoms with Gasteiger partial charge in [0.25, 0.3) is 0 Å². The molecule has 0 nitrogen and oxygen atoms in total. The molecule has 0 saturated heterocycles. The first kappa shape index (κ1) is 7.89. The number of hydrogen-bond acceptors (Lipinski definition) is 0. The van der Waals surface area contributed by atoms with Crippen molar-refractivity contribution in [3.8, 4) is 11.8 Å². The van der Waals surface area contributed by atoms with Gasteiger partial charge in [-0.15, -0.1) is 0 Å². The summed E-state index contributed by atoms with van der Waals surface area (Å²) in [6, 6.07) is 14.4. The molecule has 0 unspecified atom stereocenters. The van der Waals surface area contributed by atoms with E-state index >= 15 is 0 Å². The second-order valence-corrected chi connectivity index (χ2v) is 2.86. The maximum absolute atomic E-state index is 3.50. The van der Waals surface area contributed by atoms with Crippen LogP contribution in [0, 0.1) is 18.8 Å². The van der Waals surface area contributed by atoms with E-state index in [4.69, 9.17) is 0 Å². The van der Waals surface area contributed by atoms with Gasteiger partial charge in [-0.2, -0.15) is 0 Å². The van der Waals surface area contributed by atoms with Gasteiger partial charge in [0.1, 0.15) is 0 Å². The molecule has 2 aromatic rings. The normalized spacial score (nSPS) is 9.31. The Hall–Kier alpha value is -1.74. The van der Waals surface area contributed by atoms with E-state index in [1.165, 1.54) is 10.8 Å². The molecule has 0 fully saturated rings. The summed E-state index contributed by atoms with van der Waals surface area (Å²) in [7, 11) is 0. The molecular formula is C13H9. The summed E-state index contributed by atoms with van der Waals surface area (Å²) in [5, 5.41) is 2.47. The molecule has 0 heteroatoms. The Morgan fingerprint density at radius 1 is 0.923 bits per heavy atom. The summed E-state index contributed by atoms with van der Waals surface area (Å²) in [5.74, 6) is 5.59. The van der Waals surface area contributed by atoms with E-state index in [0.29, 0.717) is 0 Å². The quantitative estimate of drug-likeness (QED) is 0.526. The first-order valence-electron chi connectivity index (χ1n) is 4.17. The first-order chi connectivity index (χ1) is 6.40. The zero-order chi connectivity index (χ0) is 9.10. The molecule has 0 bridgehead atoms. The lowest BCUT2D eigenvalue weighted by Crippen LogP contribution is -1.75. The Morgan fingerprint density at radius 3 is 2.46 bits per heavy atom. The molecular weight excluding hydrogens is 156 g/mol. The smallest absolute Gasteiger partial charge is 0.0251 e. The molecule has 0 atom stereocenters. The van der Waals surface area contributed by atoms with Crippen LogP contribution in [0.15, 0.2) is 42.5 Å². The van der Waals surface area contributed by atoms with E-state index in [0.717, 1.165) is 5.56 Å². The molecule has 0 spiro atoms. The van der Waals surface area contributed by atoms with E-state index < -0.39 is 0 Å². The summed E-state index contributed by atoms with van der Waals surface area (Å²) in [5.41, 5.74) is 1.02. The number of benzene rings is 2. The van der Waals surface area contributed by atoms with E-state index in [9.17, 15) is 0 Å². The highest BCUT2D eigenvalue weighted by Crippen LogP contribution is 2.14. The predicted octanol–water partition coefficient (Wildman–Crippen LogP) is 3.03. The number of fused-ring (bicyclic) bond motifs is 1. The molecule has 13 heavy (non-hydrogen) atoms. The van der Waals surface area contributed by atoms with Gasteiger partial charge in [-0.3, -0.25) is 0 Å². The van der Waals surface area contributed by atoms with Crippen LogP contribution in [0.5, 0.6) is 0 Å². The molecule has 0 aromatic heterocycles. The lowest BCUT2D eigenvalue weighted by atomic mass is 10.1. The second-order valence-electron chi connectivity index (χ2n) is 2.86. The third kappa shape index (κ3) is 1.55. The summed E-state index contributed by atoms with van der Waals surface area (Å²) in [6.07, 6.45) is 0. The topological polar surface area (TPSA) is 0 Å². The minimum absolute atomic E-state index is 1.02. The minimum Gasteiger partial charge on any atom is -0.0969 e. The molecule has 0 aliphatic rings. The monoisotopic (exact) mass is 165 g/mol. The zero-order valence-corrected chi connectivity index (χ0v) is 7.25. The van der Waals surface area contributed by atoms with E-state index in [2.05, 4.69) is 43.0 Å². The van der Waals surface area contributed by atoms with Crippen LogP contribution >= 0.6 is 0 Å². The molecule has 0 saturated carbocycles. The van der Waals surface area contributed by atoms with Crippen molar-refractivity contribution in [2.24, 2.45) is 0 Å². The number of hydrogen-bond donors (Lipinski definition) is 0. The van der Waals surface area contributed by atoms with Crippen molar-refractivity contribution < 1.29 is 0 Å². The summed E-state index contributed by atoms with van der Waals surface area (Å²) >= 11 is 0. The van der Waals surface area contributed by atoms with Crippen LogP contribution < -0.4 is 0 Å². The Balaban J connectivity index is 2.66. The van der Waals surface area contributed by atoms with Crippen LogP contribution in [0.4, 0.5) is 0 Å². The van der Waals surface area contributed by atoms with Gasteiger partial charge in [0.05, 0.1) is 0 Å². The molecule has 0 heterocycles. The van der Waals surface area contributed by atoms with Crippen molar-refractivity contribution in [3.63, 3.8) is 0 Å². The molecule has 0 N–H and O–H groups in total. The van der Waals surface area contributed by atoms with Gasteiger partial charge in [-0.1, -0.05) is 42.2 Å². The maximum atomic E-state index is 3.50. The second kappa shape index (κ2) is 3.33. The van der Waals surface area contributed by atoms with Crippen molar-refractivity contribution in [2.45, 2.75) is 0 Å². The van der Waals surface area contributed by atoms with Crippen LogP contribution in [-0.4, -0.2) is 0 Å². The third-order valence-electron chi connectivity index (χ3n) is 1.98. The van der Waals surface area contributed by atoms with E-state index in [1.54, 1.807) is 0 Å². The Morgan fingerprint density at radius 2 is 1.69 bits per heavy atom. The van der Waals surface area contributed by atoms with E-state index in [-0.39, 0.29) is 0 Å². The van der Waals surface area contributed by atoms with Crippen molar-refractivity contribution in [3.05, 3.63) is 55.0 Å². The van der Waals surface area contributed by atoms with Crippen molar-refractivity contribution >= 4 is 10.8 Å². The van der Waals surface area contributed by atoms with Crippen LogP contribution in [-0.2, 0) is 0 Å². The Bertz CT molecular complexity index is 484.